The van der Waals surface area contributed by atoms with Crippen molar-refractivity contribution in [2.24, 2.45) is 0 Å². The standard InChI is InChI=1S/C27H35N7O/c1-26(2)15-20(16-27(3,4)34-26)31-23-22(28)24(30-17-29-23)32-33-25(35)21(18-11-7-5-8-12-18)19-13-9-6-10-14-19/h5-14,17,20-21,34H,15-16,28H2,1-4H3,(H,33,35)(H2,29,30,31,32). The number of nitrogens with one attached hydrogen (secondary N) is 4. The van der Waals surface area contributed by atoms with Gasteiger partial charge in [0, 0.05) is 17.1 Å². The van der Waals surface area contributed by atoms with Crippen molar-refractivity contribution in [1.82, 2.24) is 20.7 Å². The van der Waals surface area contributed by atoms with Crippen LogP contribution in [-0.2, 0) is 4.79 Å². The van der Waals surface area contributed by atoms with Crippen LogP contribution in [0.2, 0.25) is 0 Å². The molecule has 0 unspecified atom stereocenters. The summed E-state index contributed by atoms with van der Waals surface area (Å²) in [6.07, 6.45) is 3.29. The van der Waals surface area contributed by atoms with E-state index >= 15 is 0 Å². The normalized spacial score (nSPS) is 17.1. The second kappa shape index (κ2) is 9.92. The molecule has 6 N–H and O–H groups in total. The maximum atomic E-state index is 13.3. The molecule has 1 fully saturated rings. The number of rotatable bonds is 7. The van der Waals surface area contributed by atoms with Gasteiger partial charge in [-0.2, -0.15) is 0 Å². The summed E-state index contributed by atoms with van der Waals surface area (Å²) >= 11 is 0. The minimum absolute atomic E-state index is 0.0137. The molecule has 1 aromatic heterocycles. The molecule has 0 atom stereocenters. The van der Waals surface area contributed by atoms with Gasteiger partial charge in [0.1, 0.15) is 12.0 Å². The summed E-state index contributed by atoms with van der Waals surface area (Å²) in [6, 6.07) is 19.5. The van der Waals surface area contributed by atoms with E-state index in [1.165, 1.54) is 6.33 Å². The first-order chi connectivity index (χ1) is 16.6. The first-order valence-corrected chi connectivity index (χ1v) is 12.0. The fraction of sp³-hybridized carbons (Fsp3) is 0.370. The van der Waals surface area contributed by atoms with Gasteiger partial charge in [-0.3, -0.25) is 15.6 Å². The summed E-state index contributed by atoms with van der Waals surface area (Å²) in [6.45, 7) is 8.79. The first kappa shape index (κ1) is 24.5. The molecule has 1 amide bonds. The summed E-state index contributed by atoms with van der Waals surface area (Å²) in [5.41, 5.74) is 14.2. The molecule has 2 aromatic carbocycles. The van der Waals surface area contributed by atoms with E-state index in [1.54, 1.807) is 0 Å². The predicted molar refractivity (Wildman–Crippen MR) is 141 cm³/mol. The highest BCUT2D eigenvalue weighted by Gasteiger charge is 2.38. The number of hydrogen-bond acceptors (Lipinski definition) is 7. The van der Waals surface area contributed by atoms with E-state index in [9.17, 15) is 4.79 Å². The quantitative estimate of drug-likeness (QED) is 0.329. The molecule has 0 bridgehead atoms. The largest absolute Gasteiger partial charge is 0.393 e. The summed E-state index contributed by atoms with van der Waals surface area (Å²) in [5.74, 6) is 0.211. The van der Waals surface area contributed by atoms with Crippen LogP contribution in [0.1, 0.15) is 57.6 Å². The molecule has 35 heavy (non-hydrogen) atoms. The number of anilines is 3. The van der Waals surface area contributed by atoms with Gasteiger partial charge in [-0.15, -0.1) is 0 Å². The molecule has 184 valence electrons. The molecule has 1 aliphatic heterocycles. The maximum Gasteiger partial charge on any atom is 0.250 e. The van der Waals surface area contributed by atoms with Gasteiger partial charge in [0.2, 0.25) is 5.91 Å². The Morgan fingerprint density at radius 2 is 1.43 bits per heavy atom. The number of aromatic nitrogens is 2. The van der Waals surface area contributed by atoms with Crippen LogP contribution in [-0.4, -0.2) is 33.0 Å². The zero-order valence-electron chi connectivity index (χ0n) is 20.8. The van der Waals surface area contributed by atoms with Crippen molar-refractivity contribution in [2.75, 3.05) is 16.5 Å². The molecule has 0 saturated carbocycles. The van der Waals surface area contributed by atoms with Crippen LogP contribution < -0.4 is 27.2 Å². The number of hydrogen-bond donors (Lipinski definition) is 5. The van der Waals surface area contributed by atoms with Crippen molar-refractivity contribution in [3.63, 3.8) is 0 Å². The van der Waals surface area contributed by atoms with Gasteiger partial charge in [-0.1, -0.05) is 60.7 Å². The van der Waals surface area contributed by atoms with Gasteiger partial charge in [0.05, 0.1) is 5.92 Å². The predicted octanol–water partition coefficient (Wildman–Crippen LogP) is 4.06. The number of nitrogens with zero attached hydrogens (tertiary/aromatic N) is 2. The highest BCUT2D eigenvalue weighted by molar-refractivity contribution is 5.88. The Balaban J connectivity index is 1.49. The van der Waals surface area contributed by atoms with Crippen molar-refractivity contribution in [1.29, 1.82) is 0 Å². The molecule has 1 aliphatic rings. The summed E-state index contributed by atoms with van der Waals surface area (Å²) in [5, 5.41) is 7.17. The lowest BCUT2D eigenvalue weighted by Crippen LogP contribution is -2.60. The molecule has 0 radical (unpaired) electrons. The van der Waals surface area contributed by atoms with E-state index in [4.69, 9.17) is 5.73 Å². The van der Waals surface area contributed by atoms with Crippen molar-refractivity contribution in [2.45, 2.75) is 63.6 Å². The third kappa shape index (κ3) is 6.08. The molecule has 8 heteroatoms. The van der Waals surface area contributed by atoms with Crippen LogP contribution in [0, 0.1) is 0 Å². The minimum atomic E-state index is -0.482. The highest BCUT2D eigenvalue weighted by atomic mass is 16.2. The van der Waals surface area contributed by atoms with E-state index in [0.29, 0.717) is 17.3 Å². The smallest absolute Gasteiger partial charge is 0.250 e. The fourth-order valence-corrected chi connectivity index (χ4v) is 5.21. The van der Waals surface area contributed by atoms with Crippen molar-refractivity contribution in [3.8, 4) is 0 Å². The zero-order valence-corrected chi connectivity index (χ0v) is 20.8. The molecule has 0 spiro atoms. The van der Waals surface area contributed by atoms with Gasteiger partial charge in [0.25, 0.3) is 0 Å². The Kier molecular flexibility index (Phi) is 6.93. The monoisotopic (exact) mass is 473 g/mol. The molecular weight excluding hydrogens is 438 g/mol. The molecule has 0 aliphatic carbocycles. The molecule has 1 saturated heterocycles. The number of benzene rings is 2. The number of carbonyl (C=O) groups excluding carboxylic acids is 1. The van der Waals surface area contributed by atoms with Gasteiger partial charge in [0.15, 0.2) is 11.6 Å². The topological polar surface area (TPSA) is 117 Å². The SMILES string of the molecule is CC1(C)CC(Nc2ncnc(NNC(=O)C(c3ccccc3)c3ccccc3)c2N)CC(C)(C)N1. The van der Waals surface area contributed by atoms with E-state index < -0.39 is 5.92 Å². The number of carbonyl (C=O) groups is 1. The third-order valence-electron chi connectivity index (χ3n) is 6.25. The van der Waals surface area contributed by atoms with Crippen LogP contribution in [0.4, 0.5) is 17.3 Å². The maximum absolute atomic E-state index is 13.3. The number of amides is 1. The Labute approximate surface area is 207 Å². The molecule has 2 heterocycles. The van der Waals surface area contributed by atoms with Crippen molar-refractivity contribution < 1.29 is 4.79 Å². The Morgan fingerprint density at radius 1 is 0.914 bits per heavy atom. The number of nitrogens with two attached hydrogens (primary N) is 1. The second-order valence-corrected chi connectivity index (χ2v) is 10.5. The minimum Gasteiger partial charge on any atom is -0.393 e. The van der Waals surface area contributed by atoms with Gasteiger partial charge in [-0.05, 0) is 51.7 Å². The number of nitrogen functional groups attached to an aromatic ring is 1. The average molecular weight is 474 g/mol. The summed E-state index contributed by atoms with van der Waals surface area (Å²) < 4.78 is 0. The first-order valence-electron chi connectivity index (χ1n) is 12.0. The Morgan fingerprint density at radius 3 is 1.97 bits per heavy atom. The van der Waals surface area contributed by atoms with Crippen LogP contribution >= 0.6 is 0 Å². The number of piperidine rings is 1. The average Bonchev–Trinajstić information content (AvgIpc) is 2.79. The lowest BCUT2D eigenvalue weighted by molar-refractivity contribution is -0.121. The fourth-order valence-electron chi connectivity index (χ4n) is 5.21. The van der Waals surface area contributed by atoms with Crippen molar-refractivity contribution >= 4 is 23.2 Å². The van der Waals surface area contributed by atoms with Gasteiger partial charge in [-0.25, -0.2) is 9.97 Å². The Bertz CT molecular complexity index is 1090. The van der Waals surface area contributed by atoms with Crippen LogP contribution in [0.25, 0.3) is 0 Å². The lowest BCUT2D eigenvalue weighted by Gasteiger charge is -2.46. The second-order valence-electron chi connectivity index (χ2n) is 10.5. The molecular formula is C27H35N7O. The zero-order chi connectivity index (χ0) is 25.1. The lowest BCUT2D eigenvalue weighted by atomic mass is 9.79. The van der Waals surface area contributed by atoms with Gasteiger partial charge >= 0.3 is 0 Å². The Hall–Kier alpha value is -3.65. The van der Waals surface area contributed by atoms with E-state index in [-0.39, 0.29) is 23.0 Å². The summed E-state index contributed by atoms with van der Waals surface area (Å²) in [7, 11) is 0. The van der Waals surface area contributed by atoms with Gasteiger partial charge < -0.3 is 16.4 Å². The van der Waals surface area contributed by atoms with E-state index in [2.05, 4.69) is 59.1 Å². The van der Waals surface area contributed by atoms with Crippen LogP contribution in [0.3, 0.4) is 0 Å². The highest BCUT2D eigenvalue weighted by Crippen LogP contribution is 2.32. The summed E-state index contributed by atoms with van der Waals surface area (Å²) in [4.78, 5) is 21.9. The van der Waals surface area contributed by atoms with E-state index in [0.717, 1.165) is 24.0 Å². The molecule has 4 rings (SSSR count). The van der Waals surface area contributed by atoms with Crippen LogP contribution in [0.15, 0.2) is 67.0 Å². The number of hydrazine groups is 1. The van der Waals surface area contributed by atoms with Crippen LogP contribution in [0.5, 0.6) is 0 Å². The molecule has 3 aromatic rings. The third-order valence-corrected chi connectivity index (χ3v) is 6.25. The van der Waals surface area contributed by atoms with E-state index in [1.807, 2.05) is 60.7 Å². The van der Waals surface area contributed by atoms with Crippen molar-refractivity contribution in [3.05, 3.63) is 78.1 Å². The molecule has 8 nitrogen and oxygen atoms in total.